The molecule has 0 aliphatic carbocycles. The minimum absolute atomic E-state index is 0.271. The van der Waals surface area contributed by atoms with E-state index in [1.165, 1.54) is 12.8 Å². The van der Waals surface area contributed by atoms with Gasteiger partial charge < -0.3 is 15.5 Å². The van der Waals surface area contributed by atoms with Crippen molar-refractivity contribution in [1.82, 2.24) is 5.32 Å². The van der Waals surface area contributed by atoms with Crippen LogP contribution in [0.2, 0.25) is 0 Å². The number of benzene rings is 2. The van der Waals surface area contributed by atoms with Crippen LogP contribution in [-0.2, 0) is 0 Å². The lowest BCUT2D eigenvalue weighted by atomic mass is 10.0. The van der Waals surface area contributed by atoms with Gasteiger partial charge in [-0.25, -0.2) is 4.79 Å². The van der Waals surface area contributed by atoms with Crippen molar-refractivity contribution in [2.75, 3.05) is 6.54 Å². The Kier molecular flexibility index (Phi) is 10.4. The van der Waals surface area contributed by atoms with Gasteiger partial charge in [0.2, 0.25) is 0 Å². The number of carbonyl (C=O) groups is 2. The van der Waals surface area contributed by atoms with Crippen LogP contribution in [0.15, 0.2) is 60.7 Å². The number of aliphatic hydroxyl groups excluding tert-OH is 1. The molecule has 5 nitrogen and oxygen atoms in total. The van der Waals surface area contributed by atoms with E-state index >= 15 is 0 Å². The van der Waals surface area contributed by atoms with Gasteiger partial charge in [-0.15, -0.1) is 0 Å². The summed E-state index contributed by atoms with van der Waals surface area (Å²) in [6.45, 7) is 2.72. The summed E-state index contributed by atoms with van der Waals surface area (Å²) in [5, 5.41) is 20.4. The average molecular weight is 357 g/mol. The molecule has 2 aromatic rings. The van der Waals surface area contributed by atoms with Crippen LogP contribution in [0.1, 0.15) is 54.6 Å². The molecule has 1 amide bonds. The third kappa shape index (κ3) is 8.44. The maximum absolute atomic E-state index is 11.9. The lowest BCUT2D eigenvalue weighted by Crippen LogP contribution is -2.21. The number of rotatable bonds is 8. The van der Waals surface area contributed by atoms with Gasteiger partial charge in [0.1, 0.15) is 6.10 Å². The van der Waals surface area contributed by atoms with Gasteiger partial charge in [0, 0.05) is 12.1 Å². The number of Topliss-reactive ketones (excluding diaryl/α,β-unsaturated/α-hetero) is 1. The van der Waals surface area contributed by atoms with E-state index in [1.54, 1.807) is 48.5 Å². The first-order valence-electron chi connectivity index (χ1n) is 8.85. The first-order chi connectivity index (χ1) is 12.6. The molecule has 1 unspecified atom stereocenters. The highest BCUT2D eigenvalue weighted by Crippen LogP contribution is 2.17. The average Bonchev–Trinajstić information content (AvgIpc) is 2.68. The molecule has 0 bridgehead atoms. The predicted octanol–water partition coefficient (Wildman–Crippen LogP) is 4.44. The lowest BCUT2D eigenvalue weighted by molar-refractivity contribution is 0.0747. The van der Waals surface area contributed by atoms with E-state index in [4.69, 9.17) is 5.11 Å². The van der Waals surface area contributed by atoms with E-state index in [9.17, 15) is 14.7 Å². The summed E-state index contributed by atoms with van der Waals surface area (Å²) in [4.78, 5) is 21.8. The summed E-state index contributed by atoms with van der Waals surface area (Å²) in [6, 6.07) is 17.7. The maximum Gasteiger partial charge on any atom is 0.404 e. The van der Waals surface area contributed by atoms with Crippen LogP contribution in [-0.4, -0.2) is 28.6 Å². The zero-order chi connectivity index (χ0) is 19.2. The van der Waals surface area contributed by atoms with E-state index in [-0.39, 0.29) is 5.78 Å². The Balaban J connectivity index is 0.000000294. The zero-order valence-electron chi connectivity index (χ0n) is 15.1. The first-order valence-corrected chi connectivity index (χ1v) is 8.85. The van der Waals surface area contributed by atoms with Crippen molar-refractivity contribution >= 4 is 11.9 Å². The molecule has 0 saturated carbocycles. The van der Waals surface area contributed by atoms with Gasteiger partial charge in [-0.05, 0) is 12.0 Å². The first kappa shape index (κ1) is 21.4. The molecule has 1 atom stereocenters. The summed E-state index contributed by atoms with van der Waals surface area (Å²) in [7, 11) is 0. The number of carboxylic acid groups (broad SMARTS) is 1. The lowest BCUT2D eigenvalue weighted by Gasteiger charge is -2.09. The van der Waals surface area contributed by atoms with Crippen molar-refractivity contribution in [3.8, 4) is 0 Å². The van der Waals surface area contributed by atoms with Crippen LogP contribution in [0.25, 0.3) is 0 Å². The highest BCUT2D eigenvalue weighted by molar-refractivity contribution is 5.99. The largest absolute Gasteiger partial charge is 0.465 e. The number of ketones is 1. The smallest absolute Gasteiger partial charge is 0.404 e. The molecule has 0 aromatic heterocycles. The highest BCUT2D eigenvalue weighted by atomic mass is 16.4. The SMILES string of the molecule is CCCCCCNC(=O)O.O=C(c1ccccc1)C(O)c1ccccc1. The van der Waals surface area contributed by atoms with Crippen LogP contribution < -0.4 is 5.32 Å². The van der Waals surface area contributed by atoms with Gasteiger partial charge in [0.25, 0.3) is 0 Å². The molecule has 0 spiro atoms. The number of unbranched alkanes of at least 4 members (excludes halogenated alkanes) is 3. The van der Waals surface area contributed by atoms with Crippen molar-refractivity contribution in [3.63, 3.8) is 0 Å². The zero-order valence-corrected chi connectivity index (χ0v) is 15.1. The number of nitrogens with one attached hydrogen (secondary N) is 1. The van der Waals surface area contributed by atoms with Gasteiger partial charge in [-0.2, -0.15) is 0 Å². The van der Waals surface area contributed by atoms with Crippen LogP contribution in [0.4, 0.5) is 4.79 Å². The fourth-order valence-corrected chi connectivity index (χ4v) is 2.29. The number of aliphatic hydroxyl groups is 1. The second kappa shape index (κ2) is 12.7. The van der Waals surface area contributed by atoms with Crippen LogP contribution in [0, 0.1) is 0 Å². The monoisotopic (exact) mass is 357 g/mol. The van der Waals surface area contributed by atoms with Gasteiger partial charge in [0.05, 0.1) is 0 Å². The second-order valence-electron chi connectivity index (χ2n) is 5.84. The fraction of sp³-hybridized carbons (Fsp3) is 0.333. The number of hydrogen-bond acceptors (Lipinski definition) is 3. The molecular formula is C21H27NO4. The van der Waals surface area contributed by atoms with Crippen LogP contribution in [0.5, 0.6) is 0 Å². The van der Waals surface area contributed by atoms with Crippen molar-refractivity contribution < 1.29 is 19.8 Å². The van der Waals surface area contributed by atoms with E-state index in [2.05, 4.69) is 12.2 Å². The van der Waals surface area contributed by atoms with Gasteiger partial charge >= 0.3 is 6.09 Å². The van der Waals surface area contributed by atoms with Gasteiger partial charge in [0.15, 0.2) is 5.78 Å². The second-order valence-corrected chi connectivity index (χ2v) is 5.84. The predicted molar refractivity (Wildman–Crippen MR) is 102 cm³/mol. The highest BCUT2D eigenvalue weighted by Gasteiger charge is 2.18. The molecule has 2 aromatic carbocycles. The Morgan fingerprint density at radius 1 is 0.923 bits per heavy atom. The van der Waals surface area contributed by atoms with Crippen molar-refractivity contribution in [3.05, 3.63) is 71.8 Å². The molecule has 0 heterocycles. The van der Waals surface area contributed by atoms with E-state index in [0.29, 0.717) is 17.7 Å². The van der Waals surface area contributed by atoms with E-state index in [0.717, 1.165) is 12.8 Å². The molecule has 3 N–H and O–H groups in total. The molecular weight excluding hydrogens is 330 g/mol. The standard InChI is InChI=1S/C14H12O2.C7H15NO2/c15-13(11-7-3-1-4-8-11)14(16)12-9-5-2-6-10-12;1-2-3-4-5-6-8-7(9)10/h1-10,13,15H;8H,2-6H2,1H3,(H,9,10). The molecule has 26 heavy (non-hydrogen) atoms. The van der Waals surface area contributed by atoms with Gasteiger partial charge in [-0.1, -0.05) is 86.8 Å². The van der Waals surface area contributed by atoms with Crippen molar-refractivity contribution in [2.45, 2.75) is 38.7 Å². The third-order valence-electron chi connectivity index (χ3n) is 3.73. The molecule has 0 aliphatic rings. The Hall–Kier alpha value is -2.66. The minimum atomic E-state index is -1.08. The fourth-order valence-electron chi connectivity index (χ4n) is 2.29. The topological polar surface area (TPSA) is 86.6 Å². The number of amides is 1. The van der Waals surface area contributed by atoms with E-state index in [1.807, 2.05) is 12.1 Å². The molecule has 5 heteroatoms. The quantitative estimate of drug-likeness (QED) is 0.481. The summed E-state index contributed by atoms with van der Waals surface area (Å²) in [5.74, 6) is -0.271. The Morgan fingerprint density at radius 3 is 2.04 bits per heavy atom. The summed E-state index contributed by atoms with van der Waals surface area (Å²) in [5.41, 5.74) is 1.15. The molecule has 0 radical (unpaired) electrons. The van der Waals surface area contributed by atoms with Crippen LogP contribution in [0.3, 0.4) is 0 Å². The van der Waals surface area contributed by atoms with Crippen molar-refractivity contribution in [1.29, 1.82) is 0 Å². The Morgan fingerprint density at radius 2 is 1.50 bits per heavy atom. The minimum Gasteiger partial charge on any atom is -0.465 e. The summed E-state index contributed by atoms with van der Waals surface area (Å²) < 4.78 is 0. The molecule has 0 aliphatic heterocycles. The van der Waals surface area contributed by atoms with Crippen molar-refractivity contribution in [2.24, 2.45) is 0 Å². The maximum atomic E-state index is 11.9. The number of hydrogen-bond donors (Lipinski definition) is 3. The Bertz CT molecular complexity index is 644. The number of carbonyl (C=O) groups excluding carboxylic acids is 1. The molecule has 0 fully saturated rings. The van der Waals surface area contributed by atoms with Gasteiger partial charge in [-0.3, -0.25) is 4.79 Å². The summed E-state index contributed by atoms with van der Waals surface area (Å²) in [6.07, 6.45) is 2.46. The third-order valence-corrected chi connectivity index (χ3v) is 3.73. The molecule has 2 rings (SSSR count). The van der Waals surface area contributed by atoms with Crippen LogP contribution >= 0.6 is 0 Å². The Labute approximate surface area is 154 Å². The molecule has 0 saturated heterocycles. The normalized spacial score (nSPS) is 11.0. The summed E-state index contributed by atoms with van der Waals surface area (Å²) >= 11 is 0. The van der Waals surface area contributed by atoms with E-state index < -0.39 is 12.2 Å². The molecule has 140 valence electrons.